The molecule has 0 radical (unpaired) electrons. The molecule has 0 aromatic heterocycles. The lowest BCUT2D eigenvalue weighted by molar-refractivity contribution is -0.0548. The van der Waals surface area contributed by atoms with Crippen LogP contribution in [-0.4, -0.2) is 28.1 Å². The van der Waals surface area contributed by atoms with Crippen molar-refractivity contribution in [2.24, 2.45) is 9.98 Å². The minimum Gasteiger partial charge on any atom is -0.285 e. The van der Waals surface area contributed by atoms with Crippen LogP contribution >= 0.6 is 0 Å². The van der Waals surface area contributed by atoms with Crippen molar-refractivity contribution in [1.29, 1.82) is 0 Å². The van der Waals surface area contributed by atoms with Crippen LogP contribution in [0.15, 0.2) is 40.3 Å². The fourth-order valence-corrected chi connectivity index (χ4v) is 2.77. The van der Waals surface area contributed by atoms with Crippen molar-refractivity contribution in [3.05, 3.63) is 35.9 Å². The van der Waals surface area contributed by atoms with Crippen molar-refractivity contribution in [2.75, 3.05) is 0 Å². The molecule has 0 saturated carbocycles. The Bertz CT molecular complexity index is 525. The van der Waals surface area contributed by atoms with Gasteiger partial charge in [-0.3, -0.25) is 5.21 Å². The fourth-order valence-electron chi connectivity index (χ4n) is 2.77. The van der Waals surface area contributed by atoms with Gasteiger partial charge in [-0.2, -0.15) is 0 Å². The molecule has 4 nitrogen and oxygen atoms in total. The molecule has 0 spiro atoms. The van der Waals surface area contributed by atoms with Crippen LogP contribution < -0.4 is 0 Å². The molecular formula is C19H29N3O. The first kappa shape index (κ1) is 17.7. The molecule has 1 aromatic rings. The molecule has 0 bridgehead atoms. The largest absolute Gasteiger partial charge is 0.285 e. The summed E-state index contributed by atoms with van der Waals surface area (Å²) in [6.45, 7) is 4.39. The molecular weight excluding hydrogens is 286 g/mol. The number of unbranched alkanes of at least 4 members (excludes halogenated alkanes) is 4. The molecule has 1 N–H and O–H groups in total. The van der Waals surface area contributed by atoms with Gasteiger partial charge < -0.3 is 0 Å². The van der Waals surface area contributed by atoms with Crippen molar-refractivity contribution in [3.63, 3.8) is 0 Å². The second kappa shape index (κ2) is 9.46. The van der Waals surface area contributed by atoms with E-state index in [1.165, 1.54) is 30.7 Å². The summed E-state index contributed by atoms with van der Waals surface area (Å²) >= 11 is 0. The van der Waals surface area contributed by atoms with Crippen LogP contribution in [0.2, 0.25) is 0 Å². The van der Waals surface area contributed by atoms with E-state index in [2.05, 4.69) is 23.8 Å². The smallest absolute Gasteiger partial charge is 0.164 e. The molecule has 126 valence electrons. The third-order valence-electron chi connectivity index (χ3n) is 4.13. The van der Waals surface area contributed by atoms with E-state index >= 15 is 0 Å². The van der Waals surface area contributed by atoms with Gasteiger partial charge in [0, 0.05) is 12.0 Å². The van der Waals surface area contributed by atoms with Gasteiger partial charge in [0.15, 0.2) is 5.84 Å². The number of hydrogen-bond donors (Lipinski definition) is 1. The van der Waals surface area contributed by atoms with E-state index < -0.39 is 0 Å². The van der Waals surface area contributed by atoms with Gasteiger partial charge in [-0.15, -0.1) is 0 Å². The summed E-state index contributed by atoms with van der Waals surface area (Å²) in [4.78, 5) is 9.31. The van der Waals surface area contributed by atoms with Crippen LogP contribution in [0.4, 0.5) is 0 Å². The molecule has 0 aliphatic carbocycles. The Hall–Kier alpha value is -1.68. The number of benzene rings is 1. The van der Waals surface area contributed by atoms with Gasteiger partial charge in [0.2, 0.25) is 0 Å². The lowest BCUT2D eigenvalue weighted by Gasteiger charge is -2.30. The summed E-state index contributed by atoms with van der Waals surface area (Å²) in [5, 5.41) is 11.8. The highest BCUT2D eigenvalue weighted by atomic mass is 16.5. The highest BCUT2D eigenvalue weighted by Crippen LogP contribution is 2.20. The number of rotatable bonds is 9. The van der Waals surface area contributed by atoms with Crippen molar-refractivity contribution < 1.29 is 5.21 Å². The molecule has 1 aliphatic rings. The van der Waals surface area contributed by atoms with E-state index in [-0.39, 0.29) is 6.17 Å². The monoisotopic (exact) mass is 315 g/mol. The number of nitrogens with zero attached hydrogens (tertiary/aromatic N) is 3. The van der Waals surface area contributed by atoms with E-state index in [0.29, 0.717) is 5.84 Å². The first-order chi connectivity index (χ1) is 11.3. The van der Waals surface area contributed by atoms with E-state index in [4.69, 9.17) is 0 Å². The molecule has 4 heteroatoms. The zero-order valence-electron chi connectivity index (χ0n) is 14.4. The quantitative estimate of drug-likeness (QED) is 0.650. The van der Waals surface area contributed by atoms with Gasteiger partial charge in [-0.05, 0) is 19.3 Å². The summed E-state index contributed by atoms with van der Waals surface area (Å²) in [6.07, 6.45) is 8.46. The van der Waals surface area contributed by atoms with Crippen LogP contribution in [-0.2, 0) is 0 Å². The second-order valence-corrected chi connectivity index (χ2v) is 6.12. The molecule has 2 rings (SSSR count). The molecule has 23 heavy (non-hydrogen) atoms. The Morgan fingerprint density at radius 1 is 1.00 bits per heavy atom. The Balaban J connectivity index is 2.16. The Labute approximate surface area is 139 Å². The van der Waals surface area contributed by atoms with Gasteiger partial charge in [-0.1, -0.05) is 69.9 Å². The summed E-state index contributed by atoms with van der Waals surface area (Å²) in [5.74, 6) is 1.51. The molecule has 0 amide bonds. The lowest BCUT2D eigenvalue weighted by atomic mass is 10.1. The number of amidine groups is 2. The molecule has 0 saturated heterocycles. The normalized spacial score (nSPS) is 17.9. The number of hydrogen-bond acceptors (Lipinski definition) is 4. The fraction of sp³-hybridized carbons (Fsp3) is 0.579. The van der Waals surface area contributed by atoms with Gasteiger partial charge in [0.25, 0.3) is 0 Å². The Kier molecular flexibility index (Phi) is 7.27. The average Bonchev–Trinajstić information content (AvgIpc) is 2.58. The van der Waals surface area contributed by atoms with E-state index in [1.807, 2.05) is 30.3 Å². The third-order valence-corrected chi connectivity index (χ3v) is 4.13. The highest BCUT2D eigenvalue weighted by molar-refractivity contribution is 6.07. The molecule has 0 fully saturated rings. The predicted octanol–water partition coefficient (Wildman–Crippen LogP) is 5.02. The van der Waals surface area contributed by atoms with Gasteiger partial charge in [-0.25, -0.2) is 15.0 Å². The summed E-state index contributed by atoms with van der Waals surface area (Å²) in [6, 6.07) is 9.89. The molecule has 1 unspecified atom stereocenters. The lowest BCUT2D eigenvalue weighted by Crippen LogP contribution is -2.41. The molecule has 1 aromatic carbocycles. The summed E-state index contributed by atoms with van der Waals surface area (Å²) in [7, 11) is 0. The van der Waals surface area contributed by atoms with Crippen LogP contribution in [0.25, 0.3) is 0 Å². The van der Waals surface area contributed by atoms with Gasteiger partial charge in [0.1, 0.15) is 12.0 Å². The van der Waals surface area contributed by atoms with Crippen LogP contribution in [0.3, 0.4) is 0 Å². The van der Waals surface area contributed by atoms with Crippen LogP contribution in [0, 0.1) is 0 Å². The van der Waals surface area contributed by atoms with Crippen molar-refractivity contribution in [3.8, 4) is 0 Å². The SMILES string of the molecule is CCCCCC1=NC(CCCCC)N(O)C(c2ccccc2)=N1. The minimum atomic E-state index is -0.203. The Morgan fingerprint density at radius 3 is 2.39 bits per heavy atom. The van der Waals surface area contributed by atoms with Gasteiger partial charge in [0.05, 0.1) is 0 Å². The van der Waals surface area contributed by atoms with Crippen LogP contribution in [0.5, 0.6) is 0 Å². The maximum absolute atomic E-state index is 10.6. The average molecular weight is 315 g/mol. The first-order valence-corrected chi connectivity index (χ1v) is 8.95. The Morgan fingerprint density at radius 2 is 1.70 bits per heavy atom. The number of hydroxylamine groups is 2. The molecule has 1 atom stereocenters. The van der Waals surface area contributed by atoms with Gasteiger partial charge >= 0.3 is 0 Å². The zero-order valence-corrected chi connectivity index (χ0v) is 14.4. The van der Waals surface area contributed by atoms with E-state index in [1.54, 1.807) is 0 Å². The summed E-state index contributed by atoms with van der Waals surface area (Å²) in [5.41, 5.74) is 0.943. The standard InChI is InChI=1S/C19H29N3O/c1-3-5-8-14-17-20-18(15-9-6-4-2)22(23)19(21-17)16-12-10-7-11-13-16/h7,10-13,18,23H,3-6,8-9,14-15H2,1-2H3. The highest BCUT2D eigenvalue weighted by Gasteiger charge is 2.25. The van der Waals surface area contributed by atoms with Crippen molar-refractivity contribution in [1.82, 2.24) is 5.06 Å². The maximum Gasteiger partial charge on any atom is 0.164 e. The van der Waals surface area contributed by atoms with Crippen molar-refractivity contribution in [2.45, 2.75) is 71.4 Å². The molecule has 1 heterocycles. The van der Waals surface area contributed by atoms with Crippen molar-refractivity contribution >= 4 is 11.7 Å². The third kappa shape index (κ3) is 5.17. The summed E-state index contributed by atoms with van der Waals surface area (Å²) < 4.78 is 0. The van der Waals surface area contributed by atoms with E-state index in [9.17, 15) is 5.21 Å². The minimum absolute atomic E-state index is 0.203. The molecule has 1 aliphatic heterocycles. The van der Waals surface area contributed by atoms with Crippen LogP contribution in [0.1, 0.15) is 70.8 Å². The number of aliphatic imine (C=N–C) groups is 2. The topological polar surface area (TPSA) is 48.2 Å². The first-order valence-electron chi connectivity index (χ1n) is 8.95. The zero-order chi connectivity index (χ0) is 16.5. The maximum atomic E-state index is 10.6. The van der Waals surface area contributed by atoms with E-state index in [0.717, 1.165) is 37.1 Å². The predicted molar refractivity (Wildman–Crippen MR) is 96.1 cm³/mol. The second-order valence-electron chi connectivity index (χ2n) is 6.12.